The third-order valence-corrected chi connectivity index (χ3v) is 3.85. The van der Waals surface area contributed by atoms with Gasteiger partial charge in [0.1, 0.15) is 5.75 Å². The van der Waals surface area contributed by atoms with E-state index in [2.05, 4.69) is 0 Å². The molecule has 1 rings (SSSR count). The summed E-state index contributed by atoms with van der Waals surface area (Å²) in [6.07, 6.45) is 0. The zero-order valence-electron chi connectivity index (χ0n) is 9.64. The molecule has 2 unspecified atom stereocenters. The highest BCUT2D eigenvalue weighted by Gasteiger charge is 2.21. The van der Waals surface area contributed by atoms with Crippen LogP contribution in [0.5, 0.6) is 5.75 Å². The number of hydrogen-bond donors (Lipinski definition) is 1. The Bertz CT molecular complexity index is 365. The number of carbonyl (C=O) groups is 1. The van der Waals surface area contributed by atoms with Crippen LogP contribution >= 0.6 is 11.8 Å². The molecule has 3 nitrogen and oxygen atoms in total. The van der Waals surface area contributed by atoms with E-state index in [1.807, 2.05) is 31.2 Å². The second kappa shape index (κ2) is 5.80. The van der Waals surface area contributed by atoms with Gasteiger partial charge in [-0.2, -0.15) is 0 Å². The molecule has 0 saturated heterocycles. The molecule has 0 fully saturated rings. The minimum Gasteiger partial charge on any atom is -0.496 e. The summed E-state index contributed by atoms with van der Waals surface area (Å²) in [5, 5.41) is 8.92. The van der Waals surface area contributed by atoms with Crippen molar-refractivity contribution >= 4 is 17.7 Å². The fraction of sp³-hybridized carbons (Fsp3) is 0.417. The number of methoxy groups -OCH3 is 1. The Morgan fingerprint density at radius 1 is 1.38 bits per heavy atom. The first-order chi connectivity index (χ1) is 7.56. The van der Waals surface area contributed by atoms with Crippen molar-refractivity contribution in [3.63, 3.8) is 0 Å². The number of benzene rings is 1. The summed E-state index contributed by atoms with van der Waals surface area (Å²) >= 11 is 1.53. The van der Waals surface area contributed by atoms with Gasteiger partial charge < -0.3 is 9.84 Å². The van der Waals surface area contributed by atoms with Crippen molar-refractivity contribution in [2.45, 2.75) is 24.0 Å². The SMILES string of the molecule is COc1ccccc1SC(C)C(C)C(=O)O. The first kappa shape index (κ1) is 12.9. The number of carboxylic acids is 1. The molecule has 0 bridgehead atoms. The predicted molar refractivity (Wildman–Crippen MR) is 65.1 cm³/mol. The van der Waals surface area contributed by atoms with E-state index >= 15 is 0 Å². The Hall–Kier alpha value is -1.16. The highest BCUT2D eigenvalue weighted by atomic mass is 32.2. The number of aliphatic carboxylic acids is 1. The molecular weight excluding hydrogens is 224 g/mol. The van der Waals surface area contributed by atoms with Gasteiger partial charge in [-0.05, 0) is 12.1 Å². The quantitative estimate of drug-likeness (QED) is 0.804. The third-order valence-electron chi connectivity index (χ3n) is 2.48. The Morgan fingerprint density at radius 3 is 2.56 bits per heavy atom. The number of ether oxygens (including phenoxy) is 1. The molecular formula is C12H16O3S. The van der Waals surface area contributed by atoms with Crippen molar-refractivity contribution in [1.29, 1.82) is 0 Å². The number of carboxylic acid groups (broad SMARTS) is 1. The molecule has 88 valence electrons. The lowest BCUT2D eigenvalue weighted by atomic mass is 10.1. The molecule has 0 aliphatic carbocycles. The Morgan fingerprint density at radius 2 is 2.00 bits per heavy atom. The monoisotopic (exact) mass is 240 g/mol. The Labute approximate surface area is 99.8 Å². The lowest BCUT2D eigenvalue weighted by molar-refractivity contribution is -0.140. The summed E-state index contributed by atoms with van der Waals surface area (Å²) in [7, 11) is 1.62. The van der Waals surface area contributed by atoms with E-state index in [4.69, 9.17) is 9.84 Å². The van der Waals surface area contributed by atoms with Gasteiger partial charge in [0.05, 0.1) is 13.0 Å². The Balaban J connectivity index is 2.76. The van der Waals surface area contributed by atoms with Crippen molar-refractivity contribution < 1.29 is 14.6 Å². The van der Waals surface area contributed by atoms with Crippen molar-refractivity contribution in [3.8, 4) is 5.75 Å². The zero-order valence-corrected chi connectivity index (χ0v) is 10.5. The number of hydrogen-bond acceptors (Lipinski definition) is 3. The summed E-state index contributed by atoms with van der Waals surface area (Å²) in [6, 6.07) is 7.63. The molecule has 0 aromatic heterocycles. The van der Waals surface area contributed by atoms with Crippen molar-refractivity contribution in [3.05, 3.63) is 24.3 Å². The van der Waals surface area contributed by atoms with Crippen molar-refractivity contribution in [2.75, 3.05) is 7.11 Å². The molecule has 0 saturated carbocycles. The van der Waals surface area contributed by atoms with Crippen LogP contribution in [0.1, 0.15) is 13.8 Å². The molecule has 4 heteroatoms. The lowest BCUT2D eigenvalue weighted by Crippen LogP contribution is -2.19. The summed E-state index contributed by atoms with van der Waals surface area (Å²) < 4.78 is 5.22. The van der Waals surface area contributed by atoms with Gasteiger partial charge in [-0.3, -0.25) is 4.79 Å². The normalized spacial score (nSPS) is 14.2. The van der Waals surface area contributed by atoms with Gasteiger partial charge >= 0.3 is 5.97 Å². The average Bonchev–Trinajstić information content (AvgIpc) is 2.28. The van der Waals surface area contributed by atoms with Gasteiger partial charge in [-0.25, -0.2) is 0 Å². The van der Waals surface area contributed by atoms with Crippen LogP contribution in [0, 0.1) is 5.92 Å². The molecule has 0 aliphatic rings. The summed E-state index contributed by atoms with van der Waals surface area (Å²) in [5.41, 5.74) is 0. The molecule has 0 radical (unpaired) electrons. The molecule has 1 aromatic carbocycles. The maximum absolute atomic E-state index is 10.8. The minimum absolute atomic E-state index is 0.00815. The van der Waals surface area contributed by atoms with E-state index in [9.17, 15) is 4.79 Å². The van der Waals surface area contributed by atoms with Crippen LogP contribution < -0.4 is 4.74 Å². The average molecular weight is 240 g/mol. The summed E-state index contributed by atoms with van der Waals surface area (Å²) in [5.74, 6) is -0.359. The maximum atomic E-state index is 10.8. The molecule has 2 atom stereocenters. The summed E-state index contributed by atoms with van der Waals surface area (Å²) in [6.45, 7) is 3.63. The van der Waals surface area contributed by atoms with E-state index in [1.165, 1.54) is 11.8 Å². The smallest absolute Gasteiger partial charge is 0.307 e. The van der Waals surface area contributed by atoms with E-state index in [0.717, 1.165) is 10.6 Å². The lowest BCUT2D eigenvalue weighted by Gasteiger charge is -2.16. The molecule has 0 heterocycles. The van der Waals surface area contributed by atoms with Crippen molar-refractivity contribution in [1.82, 2.24) is 0 Å². The highest BCUT2D eigenvalue weighted by molar-refractivity contribution is 8.00. The summed E-state index contributed by atoms with van der Waals surface area (Å²) in [4.78, 5) is 11.8. The number of para-hydroxylation sites is 1. The van der Waals surface area contributed by atoms with Gasteiger partial charge in [0, 0.05) is 10.1 Å². The standard InChI is InChI=1S/C12H16O3S/c1-8(12(13)14)9(2)16-11-7-5-4-6-10(11)15-3/h4-9H,1-3H3,(H,13,14). The first-order valence-corrected chi connectivity index (χ1v) is 5.96. The Kier molecular flexibility index (Phi) is 4.68. The van der Waals surface area contributed by atoms with Crippen LogP contribution in [0.25, 0.3) is 0 Å². The predicted octanol–water partition coefficient (Wildman–Crippen LogP) is 2.90. The van der Waals surface area contributed by atoms with Gasteiger partial charge in [-0.1, -0.05) is 26.0 Å². The van der Waals surface area contributed by atoms with E-state index < -0.39 is 5.97 Å². The molecule has 0 spiro atoms. The second-order valence-corrected chi connectivity index (χ2v) is 5.02. The zero-order chi connectivity index (χ0) is 12.1. The minimum atomic E-state index is -0.769. The largest absolute Gasteiger partial charge is 0.496 e. The number of thioether (sulfide) groups is 1. The van der Waals surface area contributed by atoms with E-state index in [-0.39, 0.29) is 11.2 Å². The van der Waals surface area contributed by atoms with Gasteiger partial charge in [0.25, 0.3) is 0 Å². The molecule has 16 heavy (non-hydrogen) atoms. The fourth-order valence-corrected chi connectivity index (χ4v) is 2.37. The molecule has 0 amide bonds. The molecule has 0 aliphatic heterocycles. The second-order valence-electron chi connectivity index (χ2n) is 3.60. The van der Waals surface area contributed by atoms with Crippen LogP contribution in [0.4, 0.5) is 0 Å². The van der Waals surface area contributed by atoms with Gasteiger partial charge in [-0.15, -0.1) is 11.8 Å². The van der Waals surface area contributed by atoms with Crippen LogP contribution in [-0.4, -0.2) is 23.4 Å². The maximum Gasteiger partial charge on any atom is 0.307 e. The van der Waals surface area contributed by atoms with Crippen molar-refractivity contribution in [2.24, 2.45) is 5.92 Å². The van der Waals surface area contributed by atoms with Gasteiger partial charge in [0.15, 0.2) is 0 Å². The van der Waals surface area contributed by atoms with Crippen LogP contribution in [0.3, 0.4) is 0 Å². The van der Waals surface area contributed by atoms with Crippen LogP contribution in [0.15, 0.2) is 29.2 Å². The van der Waals surface area contributed by atoms with Crippen LogP contribution in [-0.2, 0) is 4.79 Å². The highest BCUT2D eigenvalue weighted by Crippen LogP contribution is 2.34. The molecule has 1 aromatic rings. The molecule has 1 N–H and O–H groups in total. The fourth-order valence-electron chi connectivity index (χ4n) is 1.22. The van der Waals surface area contributed by atoms with Gasteiger partial charge in [0.2, 0.25) is 0 Å². The first-order valence-electron chi connectivity index (χ1n) is 5.08. The van der Waals surface area contributed by atoms with E-state index in [0.29, 0.717) is 0 Å². The van der Waals surface area contributed by atoms with Crippen LogP contribution in [0.2, 0.25) is 0 Å². The third kappa shape index (κ3) is 3.17. The van der Waals surface area contributed by atoms with E-state index in [1.54, 1.807) is 14.0 Å². The topological polar surface area (TPSA) is 46.5 Å². The number of rotatable bonds is 5.